The van der Waals surface area contributed by atoms with Crippen molar-refractivity contribution < 1.29 is 9.53 Å². The largest absolute Gasteiger partial charge is 0.460 e. The number of unbranched alkanes of at least 4 members (excludes halogenated alkanes) is 2. The molecule has 0 saturated carbocycles. The normalized spacial score (nSPS) is 12.7. The minimum atomic E-state index is -0.360. The van der Waals surface area contributed by atoms with Crippen molar-refractivity contribution in [1.82, 2.24) is 0 Å². The first-order valence-electron chi connectivity index (χ1n) is 15.0. The Morgan fingerprint density at radius 3 is 1.38 bits per heavy atom. The predicted octanol–water partition coefficient (Wildman–Crippen LogP) is 11.5. The number of rotatable bonds is 7. The Hall–Kier alpha value is -3.13. The van der Waals surface area contributed by atoms with Crippen LogP contribution >= 0.6 is 0 Å². The smallest absolute Gasteiger partial charge is 0.306 e. The highest BCUT2D eigenvalue weighted by atomic mass is 16.6. The molecule has 0 N–H and O–H groups in total. The van der Waals surface area contributed by atoms with E-state index < -0.39 is 0 Å². The lowest BCUT2D eigenvalue weighted by Crippen LogP contribution is -2.32. The average molecular weight is 537 g/mol. The highest BCUT2D eigenvalue weighted by molar-refractivity contribution is 6.32. The maximum absolute atomic E-state index is 11.9. The van der Waals surface area contributed by atoms with Crippen LogP contribution in [0.15, 0.2) is 72.8 Å². The molecular weight excluding hydrogens is 488 g/mol. The minimum absolute atomic E-state index is 0.0463. The molecule has 0 radical (unpaired) electrons. The first-order chi connectivity index (χ1) is 18.7. The van der Waals surface area contributed by atoms with Gasteiger partial charge in [-0.2, -0.15) is 0 Å². The second-order valence-electron chi connectivity index (χ2n) is 14.5. The zero-order chi connectivity index (χ0) is 29.1. The van der Waals surface area contributed by atoms with E-state index in [-0.39, 0.29) is 17.0 Å². The lowest BCUT2D eigenvalue weighted by Gasteiger charge is -2.32. The van der Waals surface area contributed by atoms with Crippen molar-refractivity contribution in [1.29, 1.82) is 0 Å². The van der Waals surface area contributed by atoms with Crippen molar-refractivity contribution in [3.63, 3.8) is 0 Å². The molecule has 5 rings (SSSR count). The Morgan fingerprint density at radius 2 is 1.00 bits per heavy atom. The van der Waals surface area contributed by atoms with Gasteiger partial charge in [-0.25, -0.2) is 0 Å². The van der Waals surface area contributed by atoms with Gasteiger partial charge in [0, 0.05) is 6.42 Å². The topological polar surface area (TPSA) is 26.3 Å². The minimum Gasteiger partial charge on any atom is -0.460 e. The second kappa shape index (κ2) is 11.8. The lowest BCUT2D eigenvalue weighted by atomic mass is 9.83. The highest BCUT2D eigenvalue weighted by Gasteiger charge is 2.28. The quantitative estimate of drug-likeness (QED) is 0.0894. The van der Waals surface area contributed by atoms with Crippen molar-refractivity contribution in [2.75, 3.05) is 0 Å². The van der Waals surface area contributed by atoms with Gasteiger partial charge in [0.15, 0.2) is 0 Å². The zero-order valence-corrected chi connectivity index (χ0v) is 26.0. The van der Waals surface area contributed by atoms with Crippen LogP contribution in [0.25, 0.3) is 43.1 Å². The van der Waals surface area contributed by atoms with Crippen LogP contribution in [0.4, 0.5) is 0 Å². The molecule has 40 heavy (non-hydrogen) atoms. The van der Waals surface area contributed by atoms with Gasteiger partial charge in [-0.05, 0) is 87.0 Å². The molecular formula is C38H48O2. The van der Waals surface area contributed by atoms with Crippen molar-refractivity contribution in [2.24, 2.45) is 10.8 Å². The number of hydrogen-bond donors (Lipinski definition) is 0. The van der Waals surface area contributed by atoms with E-state index in [0.29, 0.717) is 11.8 Å². The molecule has 5 aromatic carbocycles. The third-order valence-corrected chi connectivity index (χ3v) is 7.54. The maximum atomic E-state index is 11.9. The SMILES string of the molecule is CC(C)(C)CCCCCC(=O)OC(C)(C)CC(C)(C)C.c1cc2cccc3c4cccc5cccc(c(c1)c23)c54. The van der Waals surface area contributed by atoms with Crippen LogP contribution in [0.3, 0.4) is 0 Å². The summed E-state index contributed by atoms with van der Waals surface area (Å²) in [5, 5.41) is 10.9. The standard InChI is InChI=1S/C20H12.C18H36O2/c1-5-13-6-2-11-17-18-12-4-8-14-7-3-10-16(20(14)18)15(9-1)19(13)17;1-16(2,3)13-11-9-10-12-15(19)20-18(7,8)14-17(4,5)6/h1-12H;9-14H2,1-8H3. The molecule has 0 amide bonds. The van der Waals surface area contributed by atoms with Crippen molar-refractivity contribution in [2.45, 2.75) is 99.5 Å². The van der Waals surface area contributed by atoms with E-state index in [0.717, 1.165) is 19.3 Å². The third-order valence-electron chi connectivity index (χ3n) is 7.54. The Labute approximate surface area is 241 Å². The van der Waals surface area contributed by atoms with Gasteiger partial charge in [-0.1, -0.05) is 127 Å². The third kappa shape index (κ3) is 7.53. The fourth-order valence-corrected chi connectivity index (χ4v) is 6.35. The van der Waals surface area contributed by atoms with Gasteiger partial charge in [0.05, 0.1) is 0 Å². The van der Waals surface area contributed by atoms with E-state index in [9.17, 15) is 4.79 Å². The molecule has 0 aliphatic rings. The molecule has 0 spiro atoms. The Kier molecular flexibility index (Phi) is 8.78. The van der Waals surface area contributed by atoms with Gasteiger partial charge in [-0.3, -0.25) is 4.79 Å². The molecule has 5 aromatic rings. The van der Waals surface area contributed by atoms with Crippen LogP contribution in [0, 0.1) is 10.8 Å². The van der Waals surface area contributed by atoms with E-state index in [4.69, 9.17) is 4.74 Å². The molecule has 0 saturated heterocycles. The summed E-state index contributed by atoms with van der Waals surface area (Å²) in [6.07, 6.45) is 5.92. The summed E-state index contributed by atoms with van der Waals surface area (Å²) >= 11 is 0. The average Bonchev–Trinajstić information content (AvgIpc) is 2.84. The summed E-state index contributed by atoms with van der Waals surface area (Å²) in [5.41, 5.74) is 0.215. The Morgan fingerprint density at radius 1 is 0.575 bits per heavy atom. The number of carbonyl (C=O) groups is 1. The first-order valence-corrected chi connectivity index (χ1v) is 15.0. The summed E-state index contributed by atoms with van der Waals surface area (Å²) < 4.78 is 5.62. The summed E-state index contributed by atoms with van der Waals surface area (Å²) in [7, 11) is 0. The molecule has 0 aliphatic carbocycles. The maximum Gasteiger partial charge on any atom is 0.306 e. The van der Waals surface area contributed by atoms with Crippen LogP contribution in [0.1, 0.15) is 93.9 Å². The predicted molar refractivity (Wildman–Crippen MR) is 174 cm³/mol. The molecule has 2 nitrogen and oxygen atoms in total. The number of esters is 1. The van der Waals surface area contributed by atoms with Crippen molar-refractivity contribution in [3.8, 4) is 0 Å². The van der Waals surface area contributed by atoms with E-state index in [1.54, 1.807) is 0 Å². The molecule has 2 heteroatoms. The highest BCUT2D eigenvalue weighted by Crippen LogP contribution is 2.39. The van der Waals surface area contributed by atoms with Crippen LogP contribution < -0.4 is 0 Å². The van der Waals surface area contributed by atoms with E-state index in [2.05, 4.69) is 114 Å². The number of benzene rings is 5. The summed E-state index contributed by atoms with van der Waals surface area (Å²) in [5.74, 6) is -0.0463. The van der Waals surface area contributed by atoms with Gasteiger partial charge in [0.25, 0.3) is 0 Å². The van der Waals surface area contributed by atoms with E-state index in [1.807, 2.05) is 13.8 Å². The van der Waals surface area contributed by atoms with E-state index in [1.165, 1.54) is 55.9 Å². The summed E-state index contributed by atoms with van der Waals surface area (Å²) in [4.78, 5) is 11.9. The van der Waals surface area contributed by atoms with Gasteiger partial charge in [0.1, 0.15) is 5.60 Å². The molecule has 0 aromatic heterocycles. The van der Waals surface area contributed by atoms with Crippen LogP contribution in [0.5, 0.6) is 0 Å². The fraction of sp³-hybridized carbons (Fsp3) is 0.447. The fourth-order valence-electron chi connectivity index (χ4n) is 6.35. The number of carbonyl (C=O) groups excluding carboxylic acids is 1. The Bertz CT molecular complexity index is 1410. The van der Waals surface area contributed by atoms with Crippen LogP contribution in [0.2, 0.25) is 0 Å². The monoisotopic (exact) mass is 536 g/mol. The first kappa shape index (κ1) is 29.8. The van der Waals surface area contributed by atoms with Gasteiger partial charge in [-0.15, -0.1) is 0 Å². The molecule has 0 fully saturated rings. The zero-order valence-electron chi connectivity index (χ0n) is 26.0. The van der Waals surface area contributed by atoms with Gasteiger partial charge >= 0.3 is 5.97 Å². The van der Waals surface area contributed by atoms with Gasteiger partial charge in [0.2, 0.25) is 0 Å². The van der Waals surface area contributed by atoms with E-state index >= 15 is 0 Å². The molecule has 0 heterocycles. The van der Waals surface area contributed by atoms with Crippen molar-refractivity contribution in [3.05, 3.63) is 72.8 Å². The summed E-state index contributed by atoms with van der Waals surface area (Å²) in [6.45, 7) is 17.3. The van der Waals surface area contributed by atoms with Crippen LogP contribution in [-0.2, 0) is 9.53 Å². The van der Waals surface area contributed by atoms with Gasteiger partial charge < -0.3 is 4.74 Å². The molecule has 212 valence electrons. The molecule has 0 aliphatic heterocycles. The molecule has 0 unspecified atom stereocenters. The Balaban J connectivity index is 0.000000185. The summed E-state index contributed by atoms with van der Waals surface area (Å²) in [6, 6.07) is 26.4. The number of ether oxygens (including phenoxy) is 1. The lowest BCUT2D eigenvalue weighted by molar-refractivity contribution is -0.159. The van der Waals surface area contributed by atoms with Crippen LogP contribution in [-0.4, -0.2) is 11.6 Å². The number of fused-ring (bicyclic) bond motifs is 2. The second-order valence-corrected chi connectivity index (χ2v) is 14.5. The van der Waals surface area contributed by atoms with Crippen molar-refractivity contribution >= 4 is 49.1 Å². The molecule has 0 bridgehead atoms. The number of hydrogen-bond acceptors (Lipinski definition) is 2. The molecule has 0 atom stereocenters.